The molecule has 4 heteroatoms. The van der Waals surface area contributed by atoms with Crippen molar-refractivity contribution in [2.45, 2.75) is 120 Å². The Morgan fingerprint density at radius 1 is 0.493 bits per heavy atom. The van der Waals surface area contributed by atoms with Crippen molar-refractivity contribution in [2.24, 2.45) is 34.1 Å². The summed E-state index contributed by atoms with van der Waals surface area (Å²) in [5.74, 6) is -6.03. The topological polar surface area (TPSA) is 15.5 Å². The average molecular weight is 971 g/mol. The quantitative estimate of drug-likeness (QED) is 0.128. The Hall–Kier alpha value is -6.52. The molecule has 0 spiro atoms. The van der Waals surface area contributed by atoms with Crippen LogP contribution in [0.25, 0.3) is 45.0 Å². The van der Waals surface area contributed by atoms with Crippen LogP contribution in [0.3, 0.4) is 0 Å². The molecule has 8 aromatic rings. The van der Waals surface area contributed by atoms with Crippen LogP contribution >= 0.6 is 0 Å². The van der Waals surface area contributed by atoms with Gasteiger partial charge < -0.3 is 0 Å². The Morgan fingerprint density at radius 2 is 0.915 bits per heavy atom. The van der Waals surface area contributed by atoms with Gasteiger partial charge in [0.15, 0.2) is 24.8 Å². The van der Waals surface area contributed by atoms with Crippen LogP contribution in [0, 0.1) is 33.6 Å². The Kier molecular flexibility index (Phi) is 11.2. The summed E-state index contributed by atoms with van der Waals surface area (Å²) in [6.07, 6.45) is 4.71. The van der Waals surface area contributed by atoms with E-state index in [1.54, 1.807) is 60.7 Å². The molecule has 0 saturated carbocycles. The zero-order valence-corrected chi connectivity index (χ0v) is 43.2. The summed E-state index contributed by atoms with van der Waals surface area (Å²) in [4.78, 5) is 0. The highest BCUT2D eigenvalue weighted by molar-refractivity contribution is 5.64. The maximum absolute atomic E-state index is 8.45. The van der Waals surface area contributed by atoms with E-state index in [9.17, 15) is 0 Å². The van der Waals surface area contributed by atoms with Gasteiger partial charge in [-0.2, -0.15) is 0 Å². The van der Waals surface area contributed by atoms with Crippen molar-refractivity contribution < 1.29 is 49.8 Å². The zero-order valence-electron chi connectivity index (χ0n) is 66.2. The van der Waals surface area contributed by atoms with E-state index in [1.807, 2.05) is 184 Å². The highest BCUT2D eigenvalue weighted by Gasteiger charge is 2.18. The van der Waals surface area contributed by atoms with Gasteiger partial charge in [-0.15, -0.1) is 0 Å². The molecule has 3 unspecified atom stereocenters. The van der Waals surface area contributed by atoms with E-state index in [1.165, 1.54) is 13.8 Å². The first-order valence-corrected chi connectivity index (χ1v) is 23.5. The first-order valence-electron chi connectivity index (χ1n) is 35.0. The third kappa shape index (κ3) is 15.2. The lowest BCUT2D eigenvalue weighted by atomic mass is 9.85. The van der Waals surface area contributed by atoms with Crippen LogP contribution < -0.4 is 18.3 Å². The van der Waals surface area contributed by atoms with Gasteiger partial charge in [0.1, 0.15) is 28.2 Å². The maximum atomic E-state index is 8.45. The normalized spacial score (nSPS) is 19.6. The standard InChI is InChI=1S/3C17H22N.C16H20N/c1-13-12-14(17(2,3)4)9-10-15(13)16-8-6-7-11-18(16)5;1-13(2)11-15-8-9-16(14(3)12-15)17-7-5-6-10-18(17)4;1-5-13(2)15-9-10-16(14(3)12-15)17-8-6-7-11-18(17)4;1-12(2)14-8-9-15(13(3)11-14)16-7-5-6-10-17(16)4/h6-12H,1-5H3;5-10,12-13H,11H2,1-4H3;6-13H,5H2,1-4H3;5-12H,1-4H3/q4*+1/i2D3,3D3;1D3,11D2,13D;1D3,2D3,13D;1D3,12D. The van der Waals surface area contributed by atoms with E-state index in [-0.39, 0.29) is 11.1 Å². The fourth-order valence-electron chi connectivity index (χ4n) is 8.15. The van der Waals surface area contributed by atoms with Crippen molar-refractivity contribution in [3.05, 3.63) is 215 Å². The monoisotopic (exact) mass is 970 g/mol. The molecule has 0 N–H and O–H groups in total. The molecule has 71 heavy (non-hydrogen) atoms. The van der Waals surface area contributed by atoms with Crippen molar-refractivity contribution in [3.8, 4) is 45.0 Å². The van der Waals surface area contributed by atoms with E-state index in [4.69, 9.17) is 31.5 Å². The van der Waals surface area contributed by atoms with E-state index < -0.39 is 77.0 Å². The van der Waals surface area contributed by atoms with E-state index in [0.29, 0.717) is 11.1 Å². The third-order valence-electron chi connectivity index (χ3n) is 12.1. The minimum absolute atomic E-state index is 0.198. The Balaban J connectivity index is 0.000000227. The lowest BCUT2D eigenvalue weighted by molar-refractivity contribution is -0.660. The third-order valence-corrected chi connectivity index (χ3v) is 12.1. The molecule has 4 heterocycles. The molecule has 4 aromatic heterocycles. The first kappa shape index (κ1) is 31.0. The van der Waals surface area contributed by atoms with Gasteiger partial charge in [-0.25, -0.2) is 18.3 Å². The van der Waals surface area contributed by atoms with Gasteiger partial charge in [-0.1, -0.05) is 110 Å². The highest BCUT2D eigenvalue weighted by Crippen LogP contribution is 2.29. The van der Waals surface area contributed by atoms with Crippen LogP contribution in [0.5, 0.6) is 0 Å². The fraction of sp³-hybridized carbons (Fsp3) is 0.343. The van der Waals surface area contributed by atoms with Crippen LogP contribution in [-0.4, -0.2) is 0 Å². The molecule has 0 saturated heterocycles. The summed E-state index contributed by atoms with van der Waals surface area (Å²) >= 11 is 0. The summed E-state index contributed by atoms with van der Waals surface area (Å²) < 4.78 is 186. The molecule has 0 aliphatic rings. The van der Waals surface area contributed by atoms with Gasteiger partial charge in [0.2, 0.25) is 22.8 Å². The smallest absolute Gasteiger partial charge is 0.201 e. The summed E-state index contributed by atoms with van der Waals surface area (Å²) in [6, 6.07) is 43.8. The van der Waals surface area contributed by atoms with E-state index in [0.717, 1.165) is 74.2 Å². The highest BCUT2D eigenvalue weighted by atomic mass is 14.9. The second kappa shape index (κ2) is 25.6. The molecule has 0 amide bonds. The second-order valence-corrected chi connectivity index (χ2v) is 18.1. The Bertz CT molecular complexity index is 3920. The molecule has 0 bridgehead atoms. The summed E-state index contributed by atoms with van der Waals surface area (Å²) in [5, 5.41) is 0. The number of hydrogen-bond acceptors (Lipinski definition) is 0. The van der Waals surface area contributed by atoms with Crippen molar-refractivity contribution >= 4 is 0 Å². The SMILES string of the molecule is [2H]C([2H])([2H])C(C)(c1ccc(-c2cccc[n+]2C)c(C)c1)C([2H])([2H])[2H].[2H]C([2H])([2H])C([2H])(C)C([2H])([2H])c1ccc(-c2cccc[n+]2C)c(C)c1.[2H]C([2H])([2H])C([2H])(C)c1ccc(-c2cccc[n+]2C)c(C)c1.[2H]C([2H])([2H])CC([2H])(c1ccc(-c2cccc[n+]2C)c(C)c1)C([2H])([2H])[2H]. The van der Waals surface area contributed by atoms with Crippen molar-refractivity contribution in [1.29, 1.82) is 0 Å². The molecule has 0 aliphatic carbocycles. The van der Waals surface area contributed by atoms with Gasteiger partial charge in [0.05, 0.1) is 0 Å². The number of hydrogen-bond donors (Lipinski definition) is 0. The number of rotatable bonds is 9. The molecule has 4 nitrogen and oxygen atoms in total. The van der Waals surface area contributed by atoms with Gasteiger partial charge >= 0.3 is 0 Å². The predicted octanol–water partition coefficient (Wildman–Crippen LogP) is 15.1. The molecule has 8 rings (SSSR count). The minimum Gasteiger partial charge on any atom is -0.201 e. The van der Waals surface area contributed by atoms with Gasteiger partial charge in [-0.3, -0.25) is 0 Å². The summed E-state index contributed by atoms with van der Waals surface area (Å²) in [5.41, 5.74) is 10.6. The largest absolute Gasteiger partial charge is 0.212 e. The van der Waals surface area contributed by atoms with Crippen molar-refractivity contribution in [1.82, 2.24) is 0 Å². The van der Waals surface area contributed by atoms with Crippen LogP contribution in [0.1, 0.15) is 156 Å². The molecular weight excluding hydrogens is 861 g/mol. The minimum atomic E-state index is -2.74. The molecule has 3 atom stereocenters. The van der Waals surface area contributed by atoms with Gasteiger partial charge in [-0.05, 0) is 157 Å². The Labute approximate surface area is 462 Å². The van der Waals surface area contributed by atoms with Crippen LogP contribution in [-0.2, 0) is 40.0 Å². The molecule has 0 radical (unpaired) electrons. The average Bonchev–Trinajstić information content (AvgIpc) is 0.757. The molecule has 370 valence electrons. The molecular formula is C67H86N4+4. The predicted molar refractivity (Wildman–Crippen MR) is 301 cm³/mol. The van der Waals surface area contributed by atoms with E-state index in [2.05, 4.69) is 0 Å². The number of aromatic nitrogens is 4. The lowest BCUT2D eigenvalue weighted by Gasteiger charge is -2.20. The summed E-state index contributed by atoms with van der Waals surface area (Å²) in [7, 11) is 7.74. The number of aryl methyl sites for hydroxylation is 8. The number of benzene rings is 4. The van der Waals surface area contributed by atoms with Crippen molar-refractivity contribution in [3.63, 3.8) is 0 Å². The number of pyridine rings is 4. The fourth-order valence-corrected chi connectivity index (χ4v) is 8.15. The Morgan fingerprint density at radius 3 is 1.30 bits per heavy atom. The van der Waals surface area contributed by atoms with Crippen LogP contribution in [0.4, 0.5) is 0 Å². The van der Waals surface area contributed by atoms with Gasteiger partial charge in [0, 0.05) is 102 Å². The molecule has 4 aromatic carbocycles. The van der Waals surface area contributed by atoms with Crippen molar-refractivity contribution in [2.75, 3.05) is 0 Å². The zero-order chi connectivity index (χ0) is 71.6. The van der Waals surface area contributed by atoms with Crippen LogP contribution in [0.2, 0.25) is 0 Å². The lowest BCUT2D eigenvalue weighted by Crippen LogP contribution is -2.30. The molecule has 0 aliphatic heterocycles. The second-order valence-electron chi connectivity index (χ2n) is 18.1. The van der Waals surface area contributed by atoms with E-state index >= 15 is 0 Å². The summed E-state index contributed by atoms with van der Waals surface area (Å²) in [6.45, 7) is -4.23. The number of nitrogens with zero attached hydrogens (tertiary/aromatic N) is 4. The molecule has 0 fully saturated rings. The van der Waals surface area contributed by atoms with Gasteiger partial charge in [0.25, 0.3) is 0 Å². The first-order chi connectivity index (χ1) is 42.8. The maximum Gasteiger partial charge on any atom is 0.212 e. The van der Waals surface area contributed by atoms with Crippen LogP contribution in [0.15, 0.2) is 170 Å².